The van der Waals surface area contributed by atoms with E-state index < -0.39 is 0 Å². The van der Waals surface area contributed by atoms with Gasteiger partial charge in [-0.25, -0.2) is 4.98 Å². The highest BCUT2D eigenvalue weighted by Crippen LogP contribution is 2.21. The maximum atomic E-state index is 11.8. The molecule has 0 saturated heterocycles. The van der Waals surface area contributed by atoms with Gasteiger partial charge >= 0.3 is 0 Å². The molecule has 6 heteroatoms. The van der Waals surface area contributed by atoms with Crippen LogP contribution in [0.1, 0.15) is 11.3 Å². The number of hydrogen-bond acceptors (Lipinski definition) is 4. The van der Waals surface area contributed by atoms with Crippen LogP contribution in [0.2, 0.25) is 0 Å². The molecule has 0 unspecified atom stereocenters. The molecule has 0 radical (unpaired) electrons. The molecule has 4 heterocycles. The molecule has 4 aromatic rings. The molecule has 0 aliphatic heterocycles. The van der Waals surface area contributed by atoms with Gasteiger partial charge < -0.3 is 9.97 Å². The third-order valence-corrected chi connectivity index (χ3v) is 3.65. The monoisotopic (exact) mass is 315 g/mol. The van der Waals surface area contributed by atoms with Crippen molar-refractivity contribution >= 4 is 23.2 Å². The third kappa shape index (κ3) is 2.72. The Morgan fingerprint density at radius 3 is 2.83 bits per heavy atom. The van der Waals surface area contributed by atoms with Crippen molar-refractivity contribution in [2.45, 2.75) is 0 Å². The zero-order valence-corrected chi connectivity index (χ0v) is 12.6. The number of aromatic amines is 2. The summed E-state index contributed by atoms with van der Waals surface area (Å²) in [4.78, 5) is 30.1. The van der Waals surface area contributed by atoms with Crippen molar-refractivity contribution in [1.82, 2.24) is 24.9 Å². The Kier molecular flexibility index (Phi) is 3.47. The number of pyridine rings is 2. The van der Waals surface area contributed by atoms with Crippen molar-refractivity contribution in [3.05, 3.63) is 76.9 Å². The Morgan fingerprint density at radius 2 is 2.00 bits per heavy atom. The Morgan fingerprint density at radius 1 is 1.04 bits per heavy atom. The number of hydrogen-bond donors (Lipinski definition) is 2. The van der Waals surface area contributed by atoms with Crippen molar-refractivity contribution in [3.63, 3.8) is 0 Å². The van der Waals surface area contributed by atoms with E-state index in [1.54, 1.807) is 24.7 Å². The summed E-state index contributed by atoms with van der Waals surface area (Å²) in [6.45, 7) is 0. The molecule has 24 heavy (non-hydrogen) atoms. The van der Waals surface area contributed by atoms with Crippen molar-refractivity contribution < 1.29 is 0 Å². The van der Waals surface area contributed by atoms with Crippen LogP contribution in [-0.4, -0.2) is 24.9 Å². The number of rotatable bonds is 3. The van der Waals surface area contributed by atoms with Gasteiger partial charge in [0, 0.05) is 29.8 Å². The summed E-state index contributed by atoms with van der Waals surface area (Å²) < 4.78 is 0. The summed E-state index contributed by atoms with van der Waals surface area (Å²) in [5, 5.41) is 0.539. The van der Waals surface area contributed by atoms with E-state index >= 15 is 0 Å². The second-order valence-electron chi connectivity index (χ2n) is 5.27. The zero-order chi connectivity index (χ0) is 16.4. The molecule has 0 aromatic carbocycles. The van der Waals surface area contributed by atoms with Gasteiger partial charge in [0.1, 0.15) is 5.65 Å². The van der Waals surface area contributed by atoms with Gasteiger partial charge in [-0.05, 0) is 35.9 Å². The predicted molar refractivity (Wildman–Crippen MR) is 93.1 cm³/mol. The first kappa shape index (κ1) is 14.1. The molecule has 116 valence electrons. The first-order chi connectivity index (χ1) is 11.8. The van der Waals surface area contributed by atoms with Gasteiger partial charge in [0.2, 0.25) is 0 Å². The minimum absolute atomic E-state index is 0.159. The van der Waals surface area contributed by atoms with Crippen LogP contribution in [0.4, 0.5) is 0 Å². The van der Waals surface area contributed by atoms with Gasteiger partial charge in [-0.1, -0.05) is 12.1 Å². The molecule has 6 nitrogen and oxygen atoms in total. The molecule has 0 spiro atoms. The Hall–Kier alpha value is -3.54. The minimum atomic E-state index is -0.159. The number of H-pyrrole nitrogens is 2. The number of aromatic nitrogens is 5. The van der Waals surface area contributed by atoms with Gasteiger partial charge in [0.05, 0.1) is 17.4 Å². The van der Waals surface area contributed by atoms with Crippen LogP contribution in [0.15, 0.2) is 60.0 Å². The number of nitrogens with zero attached hydrogens (tertiary/aromatic N) is 3. The predicted octanol–water partition coefficient (Wildman–Crippen LogP) is 2.88. The van der Waals surface area contributed by atoms with Gasteiger partial charge in [0.25, 0.3) is 5.56 Å². The summed E-state index contributed by atoms with van der Waals surface area (Å²) in [6.07, 6.45) is 10.5. The third-order valence-electron chi connectivity index (χ3n) is 3.65. The first-order valence-electron chi connectivity index (χ1n) is 7.40. The van der Waals surface area contributed by atoms with Crippen molar-refractivity contribution in [1.29, 1.82) is 0 Å². The summed E-state index contributed by atoms with van der Waals surface area (Å²) >= 11 is 0. The van der Waals surface area contributed by atoms with E-state index in [9.17, 15) is 4.79 Å². The maximum absolute atomic E-state index is 11.8. The smallest absolute Gasteiger partial charge is 0.260 e. The van der Waals surface area contributed by atoms with E-state index in [2.05, 4.69) is 24.9 Å². The summed E-state index contributed by atoms with van der Waals surface area (Å²) in [5.41, 5.74) is 4.00. The average Bonchev–Trinajstić information content (AvgIpc) is 3.07. The van der Waals surface area contributed by atoms with E-state index in [1.807, 2.05) is 36.4 Å². The lowest BCUT2D eigenvalue weighted by Crippen LogP contribution is -2.04. The molecule has 0 aliphatic rings. The number of nitrogens with one attached hydrogen (secondary N) is 2. The molecule has 0 fully saturated rings. The lowest BCUT2D eigenvalue weighted by Gasteiger charge is -1.99. The largest absolute Gasteiger partial charge is 0.339 e. The molecular formula is C18H13N5O. The summed E-state index contributed by atoms with van der Waals surface area (Å²) in [7, 11) is 0. The SMILES string of the molecule is O=c1[nH]cnc2[nH]c(-c3ccnc(C=Cc4cccnc4)c3)cc12. The van der Waals surface area contributed by atoms with Crippen LogP contribution in [0.25, 0.3) is 34.4 Å². The van der Waals surface area contributed by atoms with E-state index in [0.29, 0.717) is 11.0 Å². The molecular weight excluding hydrogens is 302 g/mol. The molecule has 0 saturated carbocycles. The van der Waals surface area contributed by atoms with Crippen molar-refractivity contribution in [2.24, 2.45) is 0 Å². The molecule has 2 N–H and O–H groups in total. The van der Waals surface area contributed by atoms with Gasteiger partial charge in [-0.15, -0.1) is 0 Å². The lowest BCUT2D eigenvalue weighted by atomic mass is 10.1. The summed E-state index contributed by atoms with van der Waals surface area (Å²) in [5.74, 6) is 0. The standard InChI is InChI=1S/C18H13N5O/c24-18-15-9-16(23-17(15)21-11-22-18)13-5-7-20-14(8-13)4-3-12-2-1-6-19-10-12/h1-11H,(H2,21,22,23,24). The highest BCUT2D eigenvalue weighted by atomic mass is 16.1. The summed E-state index contributed by atoms with van der Waals surface area (Å²) in [6, 6.07) is 9.50. The Bertz CT molecular complexity index is 1080. The molecule has 0 aliphatic carbocycles. The zero-order valence-electron chi connectivity index (χ0n) is 12.6. The van der Waals surface area contributed by atoms with Crippen LogP contribution >= 0.6 is 0 Å². The maximum Gasteiger partial charge on any atom is 0.260 e. The van der Waals surface area contributed by atoms with E-state index in [-0.39, 0.29) is 5.56 Å². The van der Waals surface area contributed by atoms with Crippen molar-refractivity contribution in [3.8, 4) is 11.3 Å². The Labute approximate surface area is 137 Å². The molecule has 4 aromatic heterocycles. The van der Waals surface area contributed by atoms with E-state index in [0.717, 1.165) is 22.5 Å². The molecule has 4 rings (SSSR count). The quantitative estimate of drug-likeness (QED) is 0.608. The lowest BCUT2D eigenvalue weighted by molar-refractivity contribution is 1.16. The topological polar surface area (TPSA) is 87.3 Å². The fraction of sp³-hybridized carbons (Fsp3) is 0. The van der Waals surface area contributed by atoms with E-state index in [1.165, 1.54) is 6.33 Å². The highest BCUT2D eigenvalue weighted by Gasteiger charge is 2.07. The average molecular weight is 315 g/mol. The highest BCUT2D eigenvalue weighted by molar-refractivity contribution is 5.82. The fourth-order valence-electron chi connectivity index (χ4n) is 2.47. The van der Waals surface area contributed by atoms with Gasteiger partial charge in [0.15, 0.2) is 0 Å². The number of fused-ring (bicyclic) bond motifs is 1. The molecule has 0 atom stereocenters. The van der Waals surface area contributed by atoms with Crippen LogP contribution < -0.4 is 5.56 Å². The van der Waals surface area contributed by atoms with Gasteiger partial charge in [-0.3, -0.25) is 14.8 Å². The fourth-order valence-corrected chi connectivity index (χ4v) is 2.47. The normalized spacial score (nSPS) is 11.3. The van der Waals surface area contributed by atoms with Crippen LogP contribution in [0.3, 0.4) is 0 Å². The van der Waals surface area contributed by atoms with Crippen LogP contribution in [0.5, 0.6) is 0 Å². The van der Waals surface area contributed by atoms with Crippen LogP contribution in [0, 0.1) is 0 Å². The van der Waals surface area contributed by atoms with Crippen molar-refractivity contribution in [2.75, 3.05) is 0 Å². The van der Waals surface area contributed by atoms with Gasteiger partial charge in [-0.2, -0.15) is 0 Å². The minimum Gasteiger partial charge on any atom is -0.339 e. The Balaban J connectivity index is 1.70. The first-order valence-corrected chi connectivity index (χ1v) is 7.40. The molecule has 0 amide bonds. The second-order valence-corrected chi connectivity index (χ2v) is 5.27. The van der Waals surface area contributed by atoms with Crippen LogP contribution in [-0.2, 0) is 0 Å². The van der Waals surface area contributed by atoms with E-state index in [4.69, 9.17) is 0 Å². The second kappa shape index (κ2) is 5.92. The molecule has 0 bridgehead atoms.